The van der Waals surface area contributed by atoms with Crippen LogP contribution in [0.5, 0.6) is 0 Å². The van der Waals surface area contributed by atoms with Crippen LogP contribution < -0.4 is 0 Å². The van der Waals surface area contributed by atoms with Crippen LogP contribution in [0.4, 0.5) is 0 Å². The first kappa shape index (κ1) is 14.7. The van der Waals surface area contributed by atoms with Gasteiger partial charge >= 0.3 is 0 Å². The predicted octanol–water partition coefficient (Wildman–Crippen LogP) is 3.42. The van der Waals surface area contributed by atoms with Gasteiger partial charge in [0, 0.05) is 16.2 Å². The van der Waals surface area contributed by atoms with Gasteiger partial charge in [-0.1, -0.05) is 4.40 Å². The molecule has 1 aromatic heterocycles. The van der Waals surface area contributed by atoms with Crippen LogP contribution in [-0.2, 0) is 11.4 Å². The van der Waals surface area contributed by atoms with E-state index < -0.39 is 11.4 Å². The molecular weight excluding hydrogens is 300 g/mol. The fourth-order valence-corrected chi connectivity index (χ4v) is 2.00. The zero-order valence-electron chi connectivity index (χ0n) is 10.7. The highest BCUT2D eigenvalue weighted by atomic mass is 79.9. The van der Waals surface area contributed by atoms with Gasteiger partial charge in [0.1, 0.15) is 16.1 Å². The van der Waals surface area contributed by atoms with E-state index in [1.165, 1.54) is 0 Å². The van der Waals surface area contributed by atoms with Crippen molar-refractivity contribution < 1.29 is 4.55 Å². The summed E-state index contributed by atoms with van der Waals surface area (Å²) in [4.78, 5) is 4.24. The molecule has 1 rings (SSSR count). The third-order valence-electron chi connectivity index (χ3n) is 2.19. The Labute approximate surface area is 114 Å². The van der Waals surface area contributed by atoms with Crippen LogP contribution in [-0.4, -0.2) is 20.0 Å². The van der Waals surface area contributed by atoms with Crippen molar-refractivity contribution in [2.24, 2.45) is 4.40 Å². The largest absolute Gasteiger partial charge is 0.591 e. The second-order valence-electron chi connectivity index (χ2n) is 4.83. The van der Waals surface area contributed by atoms with Gasteiger partial charge in [0.05, 0.1) is 11.4 Å². The van der Waals surface area contributed by atoms with E-state index in [1.807, 2.05) is 40.7 Å². The number of nitrogens with zero attached hydrogens (tertiary/aromatic N) is 2. The number of halogens is 1. The summed E-state index contributed by atoms with van der Waals surface area (Å²) in [6, 6.07) is 1.95. The molecule has 0 aliphatic carbocycles. The average molecular weight is 317 g/mol. The van der Waals surface area contributed by atoms with Gasteiger partial charge in [0.25, 0.3) is 0 Å². The topological polar surface area (TPSA) is 48.3 Å². The molecule has 0 saturated heterocycles. The molecule has 0 amide bonds. The zero-order valence-corrected chi connectivity index (χ0v) is 13.1. The highest BCUT2D eigenvalue weighted by Gasteiger charge is 2.26. The van der Waals surface area contributed by atoms with E-state index in [0.29, 0.717) is 0 Å². The van der Waals surface area contributed by atoms with Crippen molar-refractivity contribution in [1.82, 2.24) is 4.98 Å². The fourth-order valence-electron chi connectivity index (χ4n) is 1.02. The van der Waals surface area contributed by atoms with Gasteiger partial charge < -0.3 is 4.55 Å². The molecule has 0 aliphatic heterocycles. The summed E-state index contributed by atoms with van der Waals surface area (Å²) in [5.41, 5.74) is 2.56. The summed E-state index contributed by atoms with van der Waals surface area (Å²) in [7, 11) is 0. The van der Waals surface area contributed by atoms with Gasteiger partial charge in [-0.2, -0.15) is 0 Å². The maximum Gasteiger partial charge on any atom is 0.144 e. The second kappa shape index (κ2) is 5.50. The number of rotatable bonds is 2. The van der Waals surface area contributed by atoms with Crippen LogP contribution in [0.2, 0.25) is 0 Å². The SMILES string of the molecule is C/C(=N\[S+]([O-])C(C)(C)C)c1cnc(C)c(Br)c1. The number of aromatic nitrogens is 1. The molecule has 0 fully saturated rings. The van der Waals surface area contributed by atoms with E-state index in [-0.39, 0.29) is 4.75 Å². The number of aryl methyl sites for hydroxylation is 1. The quantitative estimate of drug-likeness (QED) is 0.620. The Morgan fingerprint density at radius 1 is 1.47 bits per heavy atom. The molecule has 1 atom stereocenters. The Kier molecular flexibility index (Phi) is 4.75. The molecule has 17 heavy (non-hydrogen) atoms. The Hall–Kier alpha value is -0.390. The lowest BCUT2D eigenvalue weighted by Crippen LogP contribution is -2.26. The van der Waals surface area contributed by atoms with Gasteiger partial charge in [-0.15, -0.1) is 0 Å². The highest BCUT2D eigenvalue weighted by molar-refractivity contribution is 9.10. The molecule has 3 nitrogen and oxygen atoms in total. The molecule has 0 saturated carbocycles. The summed E-state index contributed by atoms with van der Waals surface area (Å²) >= 11 is 2.19. The summed E-state index contributed by atoms with van der Waals surface area (Å²) in [6.45, 7) is 9.49. The molecule has 1 unspecified atom stereocenters. The molecular formula is C12H17BrN2OS. The van der Waals surface area contributed by atoms with Crippen LogP contribution >= 0.6 is 15.9 Å². The molecule has 0 N–H and O–H groups in total. The van der Waals surface area contributed by atoms with Crippen molar-refractivity contribution in [2.75, 3.05) is 0 Å². The Morgan fingerprint density at radius 2 is 2.06 bits per heavy atom. The standard InChI is InChI=1S/C12H17BrN2OS/c1-8(15-17(16)12(3,4)5)10-6-11(13)9(2)14-7-10/h6-7H,1-5H3/b15-8+. The molecule has 0 spiro atoms. The molecule has 0 aromatic carbocycles. The van der Waals surface area contributed by atoms with Crippen molar-refractivity contribution in [3.05, 3.63) is 28.0 Å². The lowest BCUT2D eigenvalue weighted by atomic mass is 10.2. The van der Waals surface area contributed by atoms with Crippen LogP contribution in [0.25, 0.3) is 0 Å². The molecule has 1 aromatic rings. The van der Waals surface area contributed by atoms with Crippen molar-refractivity contribution in [3.63, 3.8) is 0 Å². The van der Waals surface area contributed by atoms with Crippen LogP contribution in [0.1, 0.15) is 39.0 Å². The van der Waals surface area contributed by atoms with Crippen molar-refractivity contribution in [1.29, 1.82) is 0 Å². The van der Waals surface area contributed by atoms with Gasteiger partial charge in [0.2, 0.25) is 0 Å². The monoisotopic (exact) mass is 316 g/mol. The van der Waals surface area contributed by atoms with Crippen molar-refractivity contribution >= 4 is 33.0 Å². The van der Waals surface area contributed by atoms with E-state index in [1.54, 1.807) is 6.20 Å². The van der Waals surface area contributed by atoms with E-state index in [4.69, 9.17) is 0 Å². The van der Waals surface area contributed by atoms with Gasteiger partial charge in [-0.25, -0.2) is 0 Å². The second-order valence-corrected chi connectivity index (χ2v) is 7.59. The first-order valence-electron chi connectivity index (χ1n) is 5.31. The minimum absolute atomic E-state index is 0.337. The third kappa shape index (κ3) is 4.08. The van der Waals surface area contributed by atoms with Gasteiger partial charge in [0.15, 0.2) is 0 Å². The Morgan fingerprint density at radius 3 is 2.53 bits per heavy atom. The Balaban J connectivity index is 3.00. The minimum atomic E-state index is -1.23. The smallest absolute Gasteiger partial charge is 0.144 e. The molecule has 0 bridgehead atoms. The number of hydrogen-bond acceptors (Lipinski definition) is 3. The lowest BCUT2D eigenvalue weighted by molar-refractivity contribution is 0.561. The van der Waals surface area contributed by atoms with Gasteiger partial charge in [-0.05, 0) is 56.6 Å². The molecule has 94 valence electrons. The van der Waals surface area contributed by atoms with E-state index >= 15 is 0 Å². The first-order valence-corrected chi connectivity index (χ1v) is 7.21. The lowest BCUT2D eigenvalue weighted by Gasteiger charge is -2.18. The molecule has 5 heteroatoms. The fraction of sp³-hybridized carbons (Fsp3) is 0.500. The Bertz CT molecular complexity index is 441. The molecule has 0 radical (unpaired) electrons. The van der Waals surface area contributed by atoms with Gasteiger partial charge in [-0.3, -0.25) is 4.98 Å². The maximum absolute atomic E-state index is 11.9. The predicted molar refractivity (Wildman–Crippen MR) is 76.8 cm³/mol. The summed E-state index contributed by atoms with van der Waals surface area (Å²) in [5.74, 6) is 0. The van der Waals surface area contributed by atoms with E-state index in [0.717, 1.165) is 21.4 Å². The van der Waals surface area contributed by atoms with Crippen LogP contribution in [0.3, 0.4) is 0 Å². The van der Waals surface area contributed by atoms with E-state index in [9.17, 15) is 4.55 Å². The summed E-state index contributed by atoms with van der Waals surface area (Å²) < 4.78 is 16.7. The first-order chi connectivity index (χ1) is 7.71. The normalized spacial score (nSPS) is 14.9. The molecule has 1 heterocycles. The van der Waals surface area contributed by atoms with Crippen molar-refractivity contribution in [3.8, 4) is 0 Å². The van der Waals surface area contributed by atoms with E-state index in [2.05, 4.69) is 25.3 Å². The average Bonchev–Trinajstić information content (AvgIpc) is 2.20. The highest BCUT2D eigenvalue weighted by Crippen LogP contribution is 2.20. The molecule has 0 aliphatic rings. The third-order valence-corrected chi connectivity index (χ3v) is 4.48. The maximum atomic E-state index is 11.9. The minimum Gasteiger partial charge on any atom is -0.591 e. The summed E-state index contributed by atoms with van der Waals surface area (Å²) in [5, 5.41) is 0. The van der Waals surface area contributed by atoms with Crippen molar-refractivity contribution in [2.45, 2.75) is 39.4 Å². The summed E-state index contributed by atoms with van der Waals surface area (Å²) in [6.07, 6.45) is 1.75. The van der Waals surface area contributed by atoms with Crippen LogP contribution in [0.15, 0.2) is 21.1 Å². The number of pyridine rings is 1. The number of hydrogen-bond donors (Lipinski definition) is 0. The zero-order chi connectivity index (χ0) is 13.2. The van der Waals surface area contributed by atoms with Crippen LogP contribution in [0, 0.1) is 6.92 Å².